The zero-order valence-corrected chi connectivity index (χ0v) is 13.6. The van der Waals surface area contributed by atoms with Crippen molar-refractivity contribution >= 4 is 34.7 Å². The molecule has 2 heterocycles. The van der Waals surface area contributed by atoms with Crippen LogP contribution in [0.25, 0.3) is 0 Å². The number of amides is 1. The maximum Gasteiger partial charge on any atom is 0.271 e. The van der Waals surface area contributed by atoms with Crippen LogP contribution in [0, 0.1) is 6.92 Å². The fraction of sp³-hybridized carbons (Fsp3) is 0.333. The topological polar surface area (TPSA) is 54.0 Å². The molecule has 0 spiro atoms. The van der Waals surface area contributed by atoms with Crippen LogP contribution in [0.4, 0.5) is 5.82 Å². The molecule has 0 aliphatic carbocycles. The monoisotopic (exact) mass is 323 g/mol. The molecule has 6 heteroatoms. The zero-order chi connectivity index (χ0) is 15.2. The minimum Gasteiger partial charge on any atom is -0.370 e. The Morgan fingerprint density at radius 3 is 2.86 bits per heavy atom. The number of aromatic nitrogens is 1. The van der Waals surface area contributed by atoms with Gasteiger partial charge in [0.2, 0.25) is 0 Å². The molecule has 21 heavy (non-hydrogen) atoms. The van der Waals surface area contributed by atoms with E-state index in [1.807, 2.05) is 18.4 Å². The molecule has 0 saturated heterocycles. The molecule has 0 bridgehead atoms. The predicted molar refractivity (Wildman–Crippen MR) is 88.3 cm³/mol. The standard InChI is InChI=1S/C15H18ClN3OS/c1-3-7-17-13-5-4-11(16)14(19-13)15(20)18-9-12-10(2)6-8-21-12/h4-6,8H,3,7,9H2,1-2H3,(H,17,19)(H,18,20). The number of halogens is 1. The summed E-state index contributed by atoms with van der Waals surface area (Å²) in [5.41, 5.74) is 1.43. The third-order valence-electron chi connectivity index (χ3n) is 2.99. The van der Waals surface area contributed by atoms with E-state index in [1.54, 1.807) is 23.5 Å². The number of hydrogen-bond donors (Lipinski definition) is 2. The lowest BCUT2D eigenvalue weighted by molar-refractivity contribution is 0.0946. The molecule has 2 N–H and O–H groups in total. The Bertz CT molecular complexity index is 627. The average Bonchev–Trinajstić information content (AvgIpc) is 2.89. The summed E-state index contributed by atoms with van der Waals surface area (Å²) in [6.45, 7) is 5.40. The van der Waals surface area contributed by atoms with Gasteiger partial charge in [-0.15, -0.1) is 11.3 Å². The second kappa shape index (κ2) is 7.43. The van der Waals surface area contributed by atoms with Gasteiger partial charge in [0.25, 0.3) is 5.91 Å². The lowest BCUT2D eigenvalue weighted by Gasteiger charge is -2.09. The lowest BCUT2D eigenvalue weighted by atomic mass is 10.3. The van der Waals surface area contributed by atoms with Crippen LogP contribution in [0.15, 0.2) is 23.6 Å². The Morgan fingerprint density at radius 2 is 2.19 bits per heavy atom. The van der Waals surface area contributed by atoms with E-state index in [0.717, 1.165) is 17.8 Å². The number of pyridine rings is 1. The number of hydrogen-bond acceptors (Lipinski definition) is 4. The van der Waals surface area contributed by atoms with Gasteiger partial charge in [-0.1, -0.05) is 18.5 Å². The van der Waals surface area contributed by atoms with Crippen molar-refractivity contribution in [3.05, 3.63) is 44.7 Å². The fourth-order valence-corrected chi connectivity index (χ4v) is 2.82. The first-order valence-electron chi connectivity index (χ1n) is 6.83. The Hall–Kier alpha value is -1.59. The number of anilines is 1. The minimum atomic E-state index is -0.257. The molecule has 0 radical (unpaired) electrons. The molecule has 2 aromatic heterocycles. The normalized spacial score (nSPS) is 10.4. The third kappa shape index (κ3) is 4.19. The molecule has 2 aromatic rings. The van der Waals surface area contributed by atoms with Crippen LogP contribution in [0.3, 0.4) is 0 Å². The SMILES string of the molecule is CCCNc1ccc(Cl)c(C(=O)NCc2sccc2C)n1. The Labute approximate surface area is 133 Å². The van der Waals surface area contributed by atoms with Gasteiger partial charge in [0.15, 0.2) is 0 Å². The van der Waals surface area contributed by atoms with E-state index >= 15 is 0 Å². The summed E-state index contributed by atoms with van der Waals surface area (Å²) < 4.78 is 0. The number of aryl methyl sites for hydroxylation is 1. The highest BCUT2D eigenvalue weighted by Gasteiger charge is 2.13. The van der Waals surface area contributed by atoms with Crippen molar-refractivity contribution in [1.82, 2.24) is 10.3 Å². The Morgan fingerprint density at radius 1 is 1.38 bits per heavy atom. The molecule has 112 valence electrons. The van der Waals surface area contributed by atoms with E-state index in [1.165, 1.54) is 5.56 Å². The molecule has 4 nitrogen and oxygen atoms in total. The molecule has 0 fully saturated rings. The van der Waals surface area contributed by atoms with Gasteiger partial charge in [-0.3, -0.25) is 4.79 Å². The molecule has 0 saturated carbocycles. The summed E-state index contributed by atoms with van der Waals surface area (Å²) in [5, 5.41) is 8.38. The van der Waals surface area contributed by atoms with Crippen molar-refractivity contribution in [3.8, 4) is 0 Å². The summed E-state index contributed by atoms with van der Waals surface area (Å²) in [5.74, 6) is 0.409. The van der Waals surface area contributed by atoms with Gasteiger partial charge in [0, 0.05) is 11.4 Å². The van der Waals surface area contributed by atoms with Crippen molar-refractivity contribution < 1.29 is 4.79 Å². The van der Waals surface area contributed by atoms with Crippen LogP contribution in [0.1, 0.15) is 34.3 Å². The minimum absolute atomic E-state index is 0.256. The van der Waals surface area contributed by atoms with E-state index in [4.69, 9.17) is 11.6 Å². The largest absolute Gasteiger partial charge is 0.370 e. The number of carbonyl (C=O) groups excluding carboxylic acids is 1. The molecule has 0 unspecified atom stereocenters. The smallest absolute Gasteiger partial charge is 0.271 e. The second-order valence-corrected chi connectivity index (χ2v) is 6.07. The van der Waals surface area contributed by atoms with Crippen molar-refractivity contribution in [2.24, 2.45) is 0 Å². The Balaban J connectivity index is 2.05. The molecular weight excluding hydrogens is 306 g/mol. The molecule has 2 rings (SSSR count). The molecule has 0 aromatic carbocycles. The quantitative estimate of drug-likeness (QED) is 0.848. The zero-order valence-electron chi connectivity index (χ0n) is 12.1. The van der Waals surface area contributed by atoms with Gasteiger partial charge in [0.1, 0.15) is 11.5 Å². The number of rotatable bonds is 6. The van der Waals surface area contributed by atoms with Crippen molar-refractivity contribution in [2.45, 2.75) is 26.8 Å². The van der Waals surface area contributed by atoms with Gasteiger partial charge < -0.3 is 10.6 Å². The van der Waals surface area contributed by atoms with E-state index in [9.17, 15) is 4.79 Å². The van der Waals surface area contributed by atoms with Crippen LogP contribution >= 0.6 is 22.9 Å². The van der Waals surface area contributed by atoms with E-state index < -0.39 is 0 Å². The van der Waals surface area contributed by atoms with Gasteiger partial charge in [-0.2, -0.15) is 0 Å². The molecule has 1 amide bonds. The Kier molecular flexibility index (Phi) is 5.59. The van der Waals surface area contributed by atoms with Gasteiger partial charge in [0.05, 0.1) is 11.6 Å². The maximum atomic E-state index is 12.2. The van der Waals surface area contributed by atoms with E-state index in [0.29, 0.717) is 17.4 Å². The van der Waals surface area contributed by atoms with Crippen LogP contribution in [0.5, 0.6) is 0 Å². The number of thiophene rings is 1. The van der Waals surface area contributed by atoms with Crippen LogP contribution in [0.2, 0.25) is 5.02 Å². The van der Waals surface area contributed by atoms with Crippen LogP contribution in [-0.2, 0) is 6.54 Å². The van der Waals surface area contributed by atoms with Crippen molar-refractivity contribution in [3.63, 3.8) is 0 Å². The van der Waals surface area contributed by atoms with Crippen LogP contribution in [-0.4, -0.2) is 17.4 Å². The fourth-order valence-electron chi connectivity index (χ4n) is 1.78. The van der Waals surface area contributed by atoms with Gasteiger partial charge in [-0.05, 0) is 42.5 Å². The first kappa shape index (κ1) is 15.8. The first-order valence-corrected chi connectivity index (χ1v) is 8.09. The van der Waals surface area contributed by atoms with Crippen molar-refractivity contribution in [1.29, 1.82) is 0 Å². The number of carbonyl (C=O) groups is 1. The predicted octanol–water partition coefficient (Wildman–Crippen LogP) is 3.86. The lowest BCUT2D eigenvalue weighted by Crippen LogP contribution is -2.24. The molecule has 0 aliphatic rings. The maximum absolute atomic E-state index is 12.2. The van der Waals surface area contributed by atoms with Crippen molar-refractivity contribution in [2.75, 3.05) is 11.9 Å². The van der Waals surface area contributed by atoms with Gasteiger partial charge in [-0.25, -0.2) is 4.98 Å². The highest BCUT2D eigenvalue weighted by Crippen LogP contribution is 2.18. The average molecular weight is 324 g/mol. The second-order valence-electron chi connectivity index (χ2n) is 4.66. The third-order valence-corrected chi connectivity index (χ3v) is 4.32. The summed E-state index contributed by atoms with van der Waals surface area (Å²) in [7, 11) is 0. The summed E-state index contributed by atoms with van der Waals surface area (Å²) >= 11 is 7.69. The highest BCUT2D eigenvalue weighted by atomic mass is 35.5. The molecule has 0 atom stereocenters. The van der Waals surface area contributed by atoms with E-state index in [2.05, 4.69) is 22.5 Å². The molecule has 0 aliphatic heterocycles. The summed E-state index contributed by atoms with van der Waals surface area (Å²) in [6.07, 6.45) is 0.990. The number of nitrogens with zero attached hydrogens (tertiary/aromatic N) is 1. The first-order chi connectivity index (χ1) is 10.1. The van der Waals surface area contributed by atoms with Crippen LogP contribution < -0.4 is 10.6 Å². The highest BCUT2D eigenvalue weighted by molar-refractivity contribution is 7.10. The molecular formula is C15H18ClN3OS. The van der Waals surface area contributed by atoms with Gasteiger partial charge >= 0.3 is 0 Å². The summed E-state index contributed by atoms with van der Waals surface area (Å²) in [6, 6.07) is 5.50. The summed E-state index contributed by atoms with van der Waals surface area (Å²) in [4.78, 5) is 17.6. The van der Waals surface area contributed by atoms with E-state index in [-0.39, 0.29) is 11.6 Å². The number of nitrogens with one attached hydrogen (secondary N) is 2.